The molecule has 10 atom stereocenters. The Balaban J connectivity index is 1.11. The van der Waals surface area contributed by atoms with Gasteiger partial charge in [0, 0.05) is 10.6 Å². The number of hydrogen-bond donors (Lipinski definition) is 1. The van der Waals surface area contributed by atoms with E-state index < -0.39 is 104 Å². The second-order valence-electron chi connectivity index (χ2n) is 17.5. The van der Waals surface area contributed by atoms with E-state index in [1.54, 1.807) is 121 Å². The molecule has 0 unspecified atom stereocenters. The lowest BCUT2D eigenvalue weighted by Crippen LogP contribution is -2.64. The molecule has 7 aromatic rings. The Morgan fingerprint density at radius 1 is 0.351 bits per heavy atom. The third-order valence-corrected chi connectivity index (χ3v) is 13.4. The normalized spacial score (nSPS) is 22.8. The summed E-state index contributed by atoms with van der Waals surface area (Å²) < 4.78 is 56.3. The largest absolute Gasteiger partial charge is 0.452 e. The van der Waals surface area contributed by atoms with Crippen LogP contribution in [0.4, 0.5) is 0 Å². The molecular formula is C60H50O16S. The Hall–Kier alpha value is -8.45. The zero-order chi connectivity index (χ0) is 53.5. The number of aliphatic hydroxyl groups excluding tert-OH is 1. The number of carbonyl (C=O) groups is 6. The van der Waals surface area contributed by atoms with Gasteiger partial charge >= 0.3 is 35.8 Å². The molecule has 0 radical (unpaired) electrons. The summed E-state index contributed by atoms with van der Waals surface area (Å²) in [7, 11) is 0. The van der Waals surface area contributed by atoms with Gasteiger partial charge in [-0.15, -0.1) is 11.8 Å². The smallest absolute Gasteiger partial charge is 0.338 e. The maximum atomic E-state index is 14.3. The standard InChI is InChI=1S/C60H50O16S/c61-53(38-22-8-1-9-23-38)71-47-45(69-59(67)51(75-57(65)42-30-16-5-17-31-42)49(47)73-55(63)40-26-12-3-13-27-40)36-68-60-52(76-58(66)43-32-18-6-19-33-43)50(74-56(64)41-28-14-4-15-29-41)48(72-54(62)39-24-10-2-11-25-39)46(70-60)37-77-44-34-20-7-21-35-44/h1-35,45-52,59-60,67H,36-37H2/t45-,46-,47-,48+,49+,50+,51-,52-,59+,60-/m1/s1. The van der Waals surface area contributed by atoms with Gasteiger partial charge in [0.2, 0.25) is 0 Å². The van der Waals surface area contributed by atoms with Gasteiger partial charge < -0.3 is 47.7 Å². The topological polar surface area (TPSA) is 206 Å². The van der Waals surface area contributed by atoms with Crippen molar-refractivity contribution in [3.05, 3.63) is 246 Å². The number of benzene rings is 7. The summed E-state index contributed by atoms with van der Waals surface area (Å²) in [4.78, 5) is 85.3. The molecule has 2 fully saturated rings. The van der Waals surface area contributed by atoms with Crippen molar-refractivity contribution in [3.8, 4) is 0 Å². The molecular weight excluding hydrogens is 1010 g/mol. The lowest BCUT2D eigenvalue weighted by Gasteiger charge is -2.46. The van der Waals surface area contributed by atoms with Crippen LogP contribution in [-0.4, -0.2) is 115 Å². The first-order valence-corrected chi connectivity index (χ1v) is 25.4. The molecule has 2 aliphatic rings. The number of esters is 6. The predicted molar refractivity (Wildman–Crippen MR) is 277 cm³/mol. The van der Waals surface area contributed by atoms with Gasteiger partial charge in [-0.05, 0) is 84.9 Å². The van der Waals surface area contributed by atoms with Crippen molar-refractivity contribution in [2.75, 3.05) is 12.4 Å². The minimum absolute atomic E-state index is 0.0390. The van der Waals surface area contributed by atoms with Crippen molar-refractivity contribution < 1.29 is 76.5 Å². The van der Waals surface area contributed by atoms with Gasteiger partial charge in [0.15, 0.2) is 49.2 Å². The van der Waals surface area contributed by atoms with E-state index in [0.717, 1.165) is 4.90 Å². The van der Waals surface area contributed by atoms with Gasteiger partial charge in [-0.2, -0.15) is 0 Å². The van der Waals surface area contributed by atoms with Gasteiger partial charge in [-0.3, -0.25) is 0 Å². The van der Waals surface area contributed by atoms with Crippen LogP contribution in [0.15, 0.2) is 217 Å². The highest BCUT2D eigenvalue weighted by Gasteiger charge is 2.56. The molecule has 2 heterocycles. The first kappa shape index (κ1) is 53.4. The minimum Gasteiger partial charge on any atom is -0.452 e. The highest BCUT2D eigenvalue weighted by atomic mass is 32.2. The number of thioether (sulfide) groups is 1. The van der Waals surface area contributed by atoms with Crippen molar-refractivity contribution >= 4 is 47.6 Å². The zero-order valence-electron chi connectivity index (χ0n) is 40.9. The Morgan fingerprint density at radius 3 is 1.00 bits per heavy atom. The molecule has 1 N–H and O–H groups in total. The van der Waals surface area contributed by atoms with Crippen LogP contribution >= 0.6 is 11.8 Å². The number of carbonyl (C=O) groups excluding carboxylic acids is 6. The van der Waals surface area contributed by atoms with Crippen LogP contribution < -0.4 is 0 Å². The molecule has 0 aromatic heterocycles. The highest BCUT2D eigenvalue weighted by Crippen LogP contribution is 2.36. The van der Waals surface area contributed by atoms with E-state index in [4.69, 9.17) is 42.6 Å². The SMILES string of the molecule is O=C(O[C@@H]1[C@@H](OC(=O)c2ccccc2)[C@@H](O)O[C@H](CO[C@@H]2O[C@H](CSc3ccccc3)[C@H](OC(=O)c3ccccc3)[C@H](OC(=O)c3ccccc3)[C@H]2OC(=O)c2ccccc2)[C@H]1OC(=O)c1ccccc1)c1ccccc1. The summed E-state index contributed by atoms with van der Waals surface area (Å²) in [5.74, 6) is -5.35. The third-order valence-electron chi connectivity index (χ3n) is 12.3. The molecule has 0 spiro atoms. The maximum Gasteiger partial charge on any atom is 0.338 e. The zero-order valence-corrected chi connectivity index (χ0v) is 41.7. The van der Waals surface area contributed by atoms with E-state index >= 15 is 0 Å². The molecule has 0 amide bonds. The monoisotopic (exact) mass is 1060 g/mol. The van der Waals surface area contributed by atoms with E-state index in [1.807, 2.05) is 30.3 Å². The number of ether oxygens (including phenoxy) is 9. The van der Waals surface area contributed by atoms with Crippen LogP contribution in [0.5, 0.6) is 0 Å². The lowest BCUT2D eigenvalue weighted by molar-refractivity contribution is -0.318. The Bertz CT molecular complexity index is 3070. The Morgan fingerprint density at radius 2 is 0.636 bits per heavy atom. The molecule has 2 aliphatic heterocycles. The summed E-state index contributed by atoms with van der Waals surface area (Å²) in [5, 5.41) is 11.9. The van der Waals surface area contributed by atoms with E-state index in [9.17, 15) is 33.9 Å². The molecule has 0 bridgehead atoms. The van der Waals surface area contributed by atoms with Crippen molar-refractivity contribution in [1.82, 2.24) is 0 Å². The fourth-order valence-corrected chi connectivity index (χ4v) is 9.43. The molecule has 2 saturated heterocycles. The Labute approximate surface area is 446 Å². The first-order chi connectivity index (χ1) is 37.6. The third kappa shape index (κ3) is 13.7. The average molecular weight is 1060 g/mol. The first-order valence-electron chi connectivity index (χ1n) is 24.4. The van der Waals surface area contributed by atoms with Crippen molar-refractivity contribution in [2.45, 2.75) is 66.3 Å². The van der Waals surface area contributed by atoms with Gasteiger partial charge in [-0.25, -0.2) is 28.8 Å². The second-order valence-corrected chi connectivity index (χ2v) is 18.6. The molecule has 17 heteroatoms. The number of aliphatic hydroxyl groups is 1. The average Bonchev–Trinajstić information content (AvgIpc) is 3.49. The minimum atomic E-state index is -2.06. The summed E-state index contributed by atoms with van der Waals surface area (Å²) in [5.41, 5.74) is 0.580. The van der Waals surface area contributed by atoms with Crippen molar-refractivity contribution in [1.29, 1.82) is 0 Å². The second kappa shape index (κ2) is 25.9. The van der Waals surface area contributed by atoms with Gasteiger partial charge in [0.25, 0.3) is 0 Å². The molecule has 0 saturated carbocycles. The molecule has 0 aliphatic carbocycles. The highest BCUT2D eigenvalue weighted by molar-refractivity contribution is 7.99. The number of hydrogen-bond acceptors (Lipinski definition) is 17. The summed E-state index contributed by atoms with van der Waals surface area (Å²) >= 11 is 1.32. The van der Waals surface area contributed by atoms with E-state index in [2.05, 4.69) is 0 Å². The van der Waals surface area contributed by atoms with E-state index in [-0.39, 0.29) is 39.1 Å². The van der Waals surface area contributed by atoms with Crippen molar-refractivity contribution in [2.24, 2.45) is 0 Å². The Kier molecular flexibility index (Phi) is 17.9. The van der Waals surface area contributed by atoms with Crippen LogP contribution in [0.3, 0.4) is 0 Å². The summed E-state index contributed by atoms with van der Waals surface area (Å²) in [6, 6.07) is 56.8. The lowest BCUT2D eigenvalue weighted by atomic mass is 9.97. The van der Waals surface area contributed by atoms with E-state index in [1.165, 1.54) is 72.4 Å². The van der Waals surface area contributed by atoms with Crippen LogP contribution in [0.1, 0.15) is 62.1 Å². The quantitative estimate of drug-likeness (QED) is 0.0485. The van der Waals surface area contributed by atoms with Crippen LogP contribution in [-0.2, 0) is 42.6 Å². The molecule has 16 nitrogen and oxygen atoms in total. The van der Waals surface area contributed by atoms with Crippen LogP contribution in [0.2, 0.25) is 0 Å². The van der Waals surface area contributed by atoms with E-state index in [0.29, 0.717) is 0 Å². The molecule has 7 aromatic carbocycles. The van der Waals surface area contributed by atoms with Gasteiger partial charge in [0.05, 0.1) is 40.0 Å². The molecule has 392 valence electrons. The predicted octanol–water partition coefficient (Wildman–Crippen LogP) is 8.59. The summed E-state index contributed by atoms with van der Waals surface area (Å²) in [6.45, 7) is -0.709. The van der Waals surface area contributed by atoms with Crippen molar-refractivity contribution in [3.63, 3.8) is 0 Å². The number of rotatable bonds is 18. The van der Waals surface area contributed by atoms with Gasteiger partial charge in [0.1, 0.15) is 12.2 Å². The molecule has 77 heavy (non-hydrogen) atoms. The van der Waals surface area contributed by atoms with Crippen LogP contribution in [0, 0.1) is 0 Å². The molecule has 9 rings (SSSR count). The van der Waals surface area contributed by atoms with Crippen LogP contribution in [0.25, 0.3) is 0 Å². The van der Waals surface area contributed by atoms with Gasteiger partial charge in [-0.1, -0.05) is 127 Å². The summed E-state index contributed by atoms with van der Waals surface area (Å²) in [6.07, 6.45) is -16.8. The maximum absolute atomic E-state index is 14.3. The fourth-order valence-electron chi connectivity index (χ4n) is 8.46. The fraction of sp³-hybridized carbons (Fsp3) is 0.200.